The van der Waals surface area contributed by atoms with Crippen LogP contribution in [0.4, 0.5) is 0 Å². The SMILES string of the molecule is COc1cccc(-n2c(=O)[nH]c(=O)n(-c3ccc(Oc4ccccc4)cc3)c2=O)c1. The Balaban J connectivity index is 1.77. The lowest BCUT2D eigenvalue weighted by Gasteiger charge is -2.11. The number of nitrogens with zero attached hydrogens (tertiary/aromatic N) is 2. The fourth-order valence-corrected chi connectivity index (χ4v) is 2.97. The molecular formula is C22H17N3O5. The van der Waals surface area contributed by atoms with Gasteiger partial charge in [-0.3, -0.25) is 4.98 Å². The largest absolute Gasteiger partial charge is 0.497 e. The standard InChI is InChI=1S/C22H17N3O5/c1-29-19-9-5-6-16(14-19)25-21(27)23-20(26)24(22(25)28)15-10-12-18(13-11-15)30-17-7-3-2-4-8-17/h2-14H,1H3,(H,23,26,27). The number of aromatic amines is 1. The summed E-state index contributed by atoms with van der Waals surface area (Å²) in [6.07, 6.45) is 0. The minimum atomic E-state index is -0.835. The van der Waals surface area contributed by atoms with Crippen molar-refractivity contribution in [1.82, 2.24) is 14.1 Å². The van der Waals surface area contributed by atoms with E-state index in [1.807, 2.05) is 30.3 Å². The zero-order valence-corrected chi connectivity index (χ0v) is 15.9. The van der Waals surface area contributed by atoms with Gasteiger partial charge >= 0.3 is 17.1 Å². The van der Waals surface area contributed by atoms with E-state index in [9.17, 15) is 14.4 Å². The van der Waals surface area contributed by atoms with Crippen LogP contribution in [-0.2, 0) is 0 Å². The second-order valence-corrected chi connectivity index (χ2v) is 6.30. The maximum atomic E-state index is 13.0. The Morgan fingerprint density at radius 2 is 1.27 bits per heavy atom. The number of H-pyrrole nitrogens is 1. The maximum absolute atomic E-state index is 13.0. The van der Waals surface area contributed by atoms with Gasteiger partial charge in [-0.15, -0.1) is 0 Å². The van der Waals surface area contributed by atoms with Gasteiger partial charge in [0, 0.05) is 6.07 Å². The number of nitrogens with one attached hydrogen (secondary N) is 1. The third-order valence-corrected chi connectivity index (χ3v) is 4.39. The van der Waals surface area contributed by atoms with E-state index in [-0.39, 0.29) is 5.69 Å². The Hall–Kier alpha value is -4.33. The summed E-state index contributed by atoms with van der Waals surface area (Å²) in [4.78, 5) is 39.9. The summed E-state index contributed by atoms with van der Waals surface area (Å²) >= 11 is 0. The molecule has 1 heterocycles. The van der Waals surface area contributed by atoms with Gasteiger partial charge in [-0.05, 0) is 48.5 Å². The van der Waals surface area contributed by atoms with Crippen molar-refractivity contribution in [2.45, 2.75) is 0 Å². The fraction of sp³-hybridized carbons (Fsp3) is 0.0455. The zero-order valence-electron chi connectivity index (χ0n) is 15.9. The molecule has 0 aliphatic heterocycles. The predicted octanol–water partition coefficient (Wildman–Crippen LogP) is 2.48. The highest BCUT2D eigenvalue weighted by Gasteiger charge is 2.14. The van der Waals surface area contributed by atoms with E-state index in [1.165, 1.54) is 13.2 Å². The van der Waals surface area contributed by atoms with Gasteiger partial charge in [0.25, 0.3) is 0 Å². The molecule has 0 spiro atoms. The van der Waals surface area contributed by atoms with Crippen LogP contribution in [-0.4, -0.2) is 21.2 Å². The fourth-order valence-electron chi connectivity index (χ4n) is 2.97. The number of hydrogen-bond donors (Lipinski definition) is 1. The van der Waals surface area contributed by atoms with Gasteiger partial charge in [0.1, 0.15) is 17.2 Å². The van der Waals surface area contributed by atoms with Gasteiger partial charge in [0.2, 0.25) is 0 Å². The molecule has 4 rings (SSSR count). The first-order valence-corrected chi connectivity index (χ1v) is 9.03. The van der Waals surface area contributed by atoms with Gasteiger partial charge < -0.3 is 9.47 Å². The molecule has 0 bridgehead atoms. The number of hydrogen-bond acceptors (Lipinski definition) is 5. The molecule has 30 heavy (non-hydrogen) atoms. The average molecular weight is 403 g/mol. The van der Waals surface area contributed by atoms with Gasteiger partial charge in [-0.1, -0.05) is 24.3 Å². The monoisotopic (exact) mass is 403 g/mol. The van der Waals surface area contributed by atoms with E-state index in [0.29, 0.717) is 22.9 Å². The highest BCUT2D eigenvalue weighted by atomic mass is 16.5. The van der Waals surface area contributed by atoms with Crippen LogP contribution in [0.2, 0.25) is 0 Å². The zero-order chi connectivity index (χ0) is 21.1. The Kier molecular flexibility index (Phi) is 5.04. The molecule has 4 aromatic rings. The number of methoxy groups -OCH3 is 1. The van der Waals surface area contributed by atoms with Crippen molar-refractivity contribution in [2.24, 2.45) is 0 Å². The number of benzene rings is 3. The van der Waals surface area contributed by atoms with Gasteiger partial charge in [0.15, 0.2) is 0 Å². The van der Waals surface area contributed by atoms with Crippen LogP contribution in [0.1, 0.15) is 0 Å². The Labute approximate surface area is 170 Å². The third-order valence-electron chi connectivity index (χ3n) is 4.39. The van der Waals surface area contributed by atoms with E-state index < -0.39 is 17.1 Å². The van der Waals surface area contributed by atoms with Crippen LogP contribution in [0.15, 0.2) is 93.2 Å². The molecule has 8 heteroatoms. The number of aromatic nitrogens is 3. The first-order valence-electron chi connectivity index (χ1n) is 9.03. The lowest BCUT2D eigenvalue weighted by Crippen LogP contribution is -2.47. The molecule has 0 atom stereocenters. The van der Waals surface area contributed by atoms with E-state index in [0.717, 1.165) is 9.13 Å². The third kappa shape index (κ3) is 3.66. The van der Waals surface area contributed by atoms with Crippen LogP contribution in [0.5, 0.6) is 17.2 Å². The van der Waals surface area contributed by atoms with Gasteiger partial charge in [0.05, 0.1) is 18.5 Å². The van der Waals surface area contributed by atoms with Crippen LogP contribution in [0, 0.1) is 0 Å². The molecule has 0 radical (unpaired) electrons. The van der Waals surface area contributed by atoms with Crippen molar-refractivity contribution < 1.29 is 9.47 Å². The second kappa shape index (κ2) is 7.96. The maximum Gasteiger partial charge on any atom is 0.345 e. The summed E-state index contributed by atoms with van der Waals surface area (Å²) in [7, 11) is 1.48. The molecule has 3 aromatic carbocycles. The molecule has 0 aliphatic carbocycles. The molecule has 0 amide bonds. The number of rotatable bonds is 5. The van der Waals surface area contributed by atoms with Gasteiger partial charge in [-0.25, -0.2) is 23.5 Å². The Bertz CT molecular complexity index is 1350. The molecule has 8 nitrogen and oxygen atoms in total. The van der Waals surface area contributed by atoms with Crippen molar-refractivity contribution in [3.05, 3.63) is 110 Å². The van der Waals surface area contributed by atoms with Crippen molar-refractivity contribution in [1.29, 1.82) is 0 Å². The molecular weight excluding hydrogens is 386 g/mol. The van der Waals surface area contributed by atoms with E-state index in [1.54, 1.807) is 42.5 Å². The summed E-state index contributed by atoms with van der Waals surface area (Å²) in [5.74, 6) is 1.67. The summed E-state index contributed by atoms with van der Waals surface area (Å²) in [5, 5.41) is 0. The molecule has 150 valence electrons. The van der Waals surface area contributed by atoms with E-state index in [4.69, 9.17) is 9.47 Å². The molecule has 0 fully saturated rings. The molecule has 1 aromatic heterocycles. The minimum Gasteiger partial charge on any atom is -0.497 e. The topological polar surface area (TPSA) is 95.3 Å². The van der Waals surface area contributed by atoms with Crippen LogP contribution >= 0.6 is 0 Å². The molecule has 0 saturated carbocycles. The molecule has 0 unspecified atom stereocenters. The van der Waals surface area contributed by atoms with E-state index in [2.05, 4.69) is 4.98 Å². The normalized spacial score (nSPS) is 10.6. The summed E-state index contributed by atoms with van der Waals surface area (Å²) in [6.45, 7) is 0. The quantitative estimate of drug-likeness (QED) is 0.552. The predicted molar refractivity (Wildman–Crippen MR) is 111 cm³/mol. The first-order chi connectivity index (χ1) is 14.6. The van der Waals surface area contributed by atoms with Crippen molar-refractivity contribution in [3.8, 4) is 28.6 Å². The van der Waals surface area contributed by atoms with Crippen LogP contribution < -0.4 is 26.5 Å². The summed E-state index contributed by atoms with van der Waals surface area (Å²) in [6, 6.07) is 22.0. The Morgan fingerprint density at radius 1 is 0.667 bits per heavy atom. The number of para-hydroxylation sites is 1. The molecule has 1 N–H and O–H groups in total. The summed E-state index contributed by atoms with van der Waals surface area (Å²) < 4.78 is 12.6. The van der Waals surface area contributed by atoms with Crippen molar-refractivity contribution in [3.63, 3.8) is 0 Å². The minimum absolute atomic E-state index is 0.276. The van der Waals surface area contributed by atoms with Crippen LogP contribution in [0.3, 0.4) is 0 Å². The Morgan fingerprint density at radius 3 is 1.93 bits per heavy atom. The average Bonchev–Trinajstić information content (AvgIpc) is 2.75. The molecule has 0 saturated heterocycles. The van der Waals surface area contributed by atoms with Crippen molar-refractivity contribution in [2.75, 3.05) is 7.11 Å². The van der Waals surface area contributed by atoms with Gasteiger partial charge in [-0.2, -0.15) is 0 Å². The van der Waals surface area contributed by atoms with E-state index >= 15 is 0 Å². The second-order valence-electron chi connectivity index (χ2n) is 6.30. The first kappa shape index (κ1) is 19.0. The molecule has 0 aliphatic rings. The number of ether oxygens (including phenoxy) is 2. The lowest BCUT2D eigenvalue weighted by molar-refractivity contribution is 0.414. The highest BCUT2D eigenvalue weighted by Crippen LogP contribution is 2.21. The highest BCUT2D eigenvalue weighted by molar-refractivity contribution is 5.41. The summed E-state index contributed by atoms with van der Waals surface area (Å²) in [5.41, 5.74) is -1.90. The van der Waals surface area contributed by atoms with Crippen molar-refractivity contribution >= 4 is 0 Å². The van der Waals surface area contributed by atoms with Crippen LogP contribution in [0.25, 0.3) is 11.4 Å². The lowest BCUT2D eigenvalue weighted by atomic mass is 10.3. The smallest absolute Gasteiger partial charge is 0.345 e.